The molecular weight excluding hydrogens is 432 g/mol. The van der Waals surface area contributed by atoms with E-state index in [2.05, 4.69) is 130 Å². The van der Waals surface area contributed by atoms with Crippen LogP contribution in [-0.2, 0) is 0 Å². The standard InChI is InChI=1S/C36H34/c1-4-26(36-25(3)22-35-30(18-12-20-32(35)36)28-15-9-6-10-16-28)23-33-24(2)21-34-29(17-11-19-31(33)34)27-13-7-5-8-14-27/h5-22,26,33,36H,4,23H2,1-3H3. The first-order valence-electron chi connectivity index (χ1n) is 13.4. The largest absolute Gasteiger partial charge is 0.0652 e. The van der Waals surface area contributed by atoms with Crippen LogP contribution < -0.4 is 0 Å². The van der Waals surface area contributed by atoms with Gasteiger partial charge in [-0.25, -0.2) is 0 Å². The summed E-state index contributed by atoms with van der Waals surface area (Å²) in [5.74, 6) is 1.58. The second-order valence-corrected chi connectivity index (χ2v) is 10.6. The summed E-state index contributed by atoms with van der Waals surface area (Å²) < 4.78 is 0. The van der Waals surface area contributed by atoms with Gasteiger partial charge in [-0.1, -0.05) is 134 Å². The number of hydrogen-bond acceptors (Lipinski definition) is 0. The first-order valence-corrected chi connectivity index (χ1v) is 13.4. The number of allylic oxidation sites excluding steroid dienone is 2. The number of hydrogen-bond donors (Lipinski definition) is 0. The summed E-state index contributed by atoms with van der Waals surface area (Å²) in [7, 11) is 0. The molecule has 4 aromatic rings. The maximum Gasteiger partial charge on any atom is 0.00833 e. The lowest BCUT2D eigenvalue weighted by atomic mass is 9.75. The van der Waals surface area contributed by atoms with E-state index in [4.69, 9.17) is 0 Å². The summed E-state index contributed by atoms with van der Waals surface area (Å²) in [4.78, 5) is 0. The molecule has 0 radical (unpaired) electrons. The molecule has 4 aromatic carbocycles. The van der Waals surface area contributed by atoms with Gasteiger partial charge in [-0.2, -0.15) is 0 Å². The molecule has 3 unspecified atom stereocenters. The van der Waals surface area contributed by atoms with Gasteiger partial charge in [0.25, 0.3) is 0 Å². The van der Waals surface area contributed by atoms with E-state index in [1.165, 1.54) is 68.5 Å². The Kier molecular flexibility index (Phi) is 5.97. The molecule has 0 heterocycles. The Morgan fingerprint density at radius 3 is 1.69 bits per heavy atom. The molecule has 0 N–H and O–H groups in total. The lowest BCUT2D eigenvalue weighted by Crippen LogP contribution is -2.16. The average molecular weight is 467 g/mol. The van der Waals surface area contributed by atoms with E-state index in [0.29, 0.717) is 17.8 Å². The van der Waals surface area contributed by atoms with Crippen LogP contribution in [0.4, 0.5) is 0 Å². The Hall–Kier alpha value is -3.64. The number of rotatable bonds is 6. The molecule has 6 rings (SSSR count). The third kappa shape index (κ3) is 3.86. The van der Waals surface area contributed by atoms with Crippen molar-refractivity contribution in [2.45, 2.75) is 45.4 Å². The SMILES string of the molecule is CCC(CC1C(C)=Cc2c(-c3ccccc3)cccc21)C1C(C)=Cc2c(-c3ccccc3)cccc21. The minimum Gasteiger partial charge on any atom is -0.0652 e. The van der Waals surface area contributed by atoms with Crippen LogP contribution in [-0.4, -0.2) is 0 Å². The summed E-state index contributed by atoms with van der Waals surface area (Å²) in [5, 5.41) is 0. The molecule has 2 aliphatic rings. The fraction of sp³-hybridized carbons (Fsp3) is 0.222. The molecule has 0 aliphatic heterocycles. The molecule has 36 heavy (non-hydrogen) atoms. The second kappa shape index (κ2) is 9.43. The third-order valence-electron chi connectivity index (χ3n) is 8.48. The van der Waals surface area contributed by atoms with Gasteiger partial charge in [0.15, 0.2) is 0 Å². The minimum absolute atomic E-state index is 0.489. The predicted octanol–water partition coefficient (Wildman–Crippen LogP) is 10.1. The molecule has 0 heteroatoms. The summed E-state index contributed by atoms with van der Waals surface area (Å²) >= 11 is 0. The van der Waals surface area contributed by atoms with Crippen LogP contribution >= 0.6 is 0 Å². The summed E-state index contributed by atoms with van der Waals surface area (Å²) in [5.41, 5.74) is 14.2. The van der Waals surface area contributed by atoms with Crippen LogP contribution in [0.5, 0.6) is 0 Å². The summed E-state index contributed by atoms with van der Waals surface area (Å²) in [6.45, 7) is 7.07. The molecule has 2 aliphatic carbocycles. The Morgan fingerprint density at radius 1 is 0.583 bits per heavy atom. The van der Waals surface area contributed by atoms with Crippen molar-refractivity contribution in [2.24, 2.45) is 5.92 Å². The van der Waals surface area contributed by atoms with Crippen molar-refractivity contribution in [3.05, 3.63) is 130 Å². The van der Waals surface area contributed by atoms with Gasteiger partial charge in [-0.05, 0) is 70.7 Å². The highest BCUT2D eigenvalue weighted by Gasteiger charge is 2.34. The average Bonchev–Trinajstić information content (AvgIpc) is 3.43. The molecular formula is C36H34. The van der Waals surface area contributed by atoms with Crippen LogP contribution in [0, 0.1) is 5.92 Å². The monoisotopic (exact) mass is 466 g/mol. The Balaban J connectivity index is 1.34. The zero-order valence-electron chi connectivity index (χ0n) is 21.5. The lowest BCUT2D eigenvalue weighted by molar-refractivity contribution is 0.400. The van der Waals surface area contributed by atoms with E-state index in [9.17, 15) is 0 Å². The van der Waals surface area contributed by atoms with Gasteiger partial charge in [-0.15, -0.1) is 0 Å². The van der Waals surface area contributed by atoms with Crippen LogP contribution in [0.3, 0.4) is 0 Å². The van der Waals surface area contributed by atoms with E-state index >= 15 is 0 Å². The van der Waals surface area contributed by atoms with Crippen molar-refractivity contribution in [1.29, 1.82) is 0 Å². The normalized spacial score (nSPS) is 18.9. The molecule has 0 bridgehead atoms. The van der Waals surface area contributed by atoms with Crippen molar-refractivity contribution >= 4 is 12.2 Å². The van der Waals surface area contributed by atoms with E-state index in [-0.39, 0.29) is 0 Å². The van der Waals surface area contributed by atoms with Gasteiger partial charge in [0.2, 0.25) is 0 Å². The Bertz CT molecular complexity index is 1450. The van der Waals surface area contributed by atoms with Crippen molar-refractivity contribution in [3.63, 3.8) is 0 Å². The molecule has 0 saturated carbocycles. The van der Waals surface area contributed by atoms with Gasteiger partial charge in [0, 0.05) is 11.8 Å². The zero-order valence-corrected chi connectivity index (χ0v) is 21.5. The fourth-order valence-corrected chi connectivity index (χ4v) is 6.72. The van der Waals surface area contributed by atoms with Crippen LogP contribution in [0.2, 0.25) is 0 Å². The first-order chi connectivity index (χ1) is 17.7. The predicted molar refractivity (Wildman–Crippen MR) is 155 cm³/mol. The zero-order chi connectivity index (χ0) is 24.6. The van der Waals surface area contributed by atoms with Gasteiger partial charge in [0.1, 0.15) is 0 Å². The molecule has 0 fully saturated rings. The van der Waals surface area contributed by atoms with Gasteiger partial charge in [0.05, 0.1) is 0 Å². The molecule has 0 saturated heterocycles. The van der Waals surface area contributed by atoms with Crippen molar-refractivity contribution in [3.8, 4) is 22.3 Å². The highest BCUT2D eigenvalue weighted by Crippen LogP contribution is 2.51. The topological polar surface area (TPSA) is 0 Å². The molecule has 0 amide bonds. The first kappa shape index (κ1) is 22.8. The van der Waals surface area contributed by atoms with Crippen molar-refractivity contribution in [1.82, 2.24) is 0 Å². The Morgan fingerprint density at radius 2 is 1.11 bits per heavy atom. The van der Waals surface area contributed by atoms with Crippen molar-refractivity contribution < 1.29 is 0 Å². The lowest BCUT2D eigenvalue weighted by Gasteiger charge is -2.29. The van der Waals surface area contributed by atoms with Gasteiger partial charge >= 0.3 is 0 Å². The molecule has 0 aromatic heterocycles. The highest BCUT2D eigenvalue weighted by molar-refractivity contribution is 5.83. The molecule has 3 atom stereocenters. The van der Waals surface area contributed by atoms with Gasteiger partial charge < -0.3 is 0 Å². The van der Waals surface area contributed by atoms with E-state index in [1.54, 1.807) is 0 Å². The molecule has 0 spiro atoms. The number of benzene rings is 4. The number of fused-ring (bicyclic) bond motifs is 2. The fourth-order valence-electron chi connectivity index (χ4n) is 6.72. The maximum absolute atomic E-state index is 2.46. The minimum atomic E-state index is 0.489. The Labute approximate surface area is 216 Å². The van der Waals surface area contributed by atoms with E-state index in [1.807, 2.05) is 0 Å². The molecule has 178 valence electrons. The van der Waals surface area contributed by atoms with Crippen LogP contribution in [0.25, 0.3) is 34.4 Å². The van der Waals surface area contributed by atoms with Crippen LogP contribution in [0.15, 0.2) is 108 Å². The van der Waals surface area contributed by atoms with E-state index < -0.39 is 0 Å². The van der Waals surface area contributed by atoms with Gasteiger partial charge in [-0.3, -0.25) is 0 Å². The van der Waals surface area contributed by atoms with Crippen LogP contribution in [0.1, 0.15) is 67.7 Å². The summed E-state index contributed by atoms with van der Waals surface area (Å²) in [6.07, 6.45) is 7.29. The molecule has 0 nitrogen and oxygen atoms in total. The summed E-state index contributed by atoms with van der Waals surface area (Å²) in [6, 6.07) is 35.5. The smallest absolute Gasteiger partial charge is 0.00833 e. The van der Waals surface area contributed by atoms with E-state index in [0.717, 1.165) is 0 Å². The maximum atomic E-state index is 2.46. The third-order valence-corrected chi connectivity index (χ3v) is 8.48. The quantitative estimate of drug-likeness (QED) is 0.265. The highest BCUT2D eigenvalue weighted by atomic mass is 14.4. The van der Waals surface area contributed by atoms with Crippen molar-refractivity contribution in [2.75, 3.05) is 0 Å². The second-order valence-electron chi connectivity index (χ2n) is 10.6.